The smallest absolute Gasteiger partial charge is 0.219 e. The van der Waals surface area contributed by atoms with E-state index >= 15 is 0 Å². The molecule has 2 aromatic heterocycles. The first kappa shape index (κ1) is 12.8. The number of carbonyl (C=O) groups is 1. The van der Waals surface area contributed by atoms with Gasteiger partial charge in [0.05, 0.1) is 0 Å². The maximum atomic E-state index is 11.1. The summed E-state index contributed by atoms with van der Waals surface area (Å²) in [5, 5.41) is 2.64. The predicted molar refractivity (Wildman–Crippen MR) is 74.6 cm³/mol. The van der Waals surface area contributed by atoms with Crippen molar-refractivity contribution in [1.29, 1.82) is 0 Å². The monoisotopic (exact) mass is 260 g/mol. The summed E-state index contributed by atoms with van der Waals surface area (Å²) >= 11 is 1.77. The SMILES string of the molecule is CNC(=O)CCCc1ccc(-c2cccnc2)s1. The van der Waals surface area contributed by atoms with E-state index in [-0.39, 0.29) is 5.91 Å². The third-order valence-corrected chi connectivity index (χ3v) is 3.91. The van der Waals surface area contributed by atoms with Crippen LogP contribution >= 0.6 is 11.3 Å². The van der Waals surface area contributed by atoms with E-state index in [2.05, 4.69) is 28.5 Å². The Labute approximate surface area is 111 Å². The van der Waals surface area contributed by atoms with E-state index in [1.54, 1.807) is 24.6 Å². The van der Waals surface area contributed by atoms with Gasteiger partial charge in [-0.1, -0.05) is 6.07 Å². The van der Waals surface area contributed by atoms with E-state index < -0.39 is 0 Å². The Morgan fingerprint density at radius 3 is 3.00 bits per heavy atom. The number of hydrogen-bond acceptors (Lipinski definition) is 3. The molecular formula is C14H16N2OS. The van der Waals surface area contributed by atoms with Crippen molar-refractivity contribution in [3.05, 3.63) is 41.5 Å². The number of rotatable bonds is 5. The van der Waals surface area contributed by atoms with Gasteiger partial charge in [0.15, 0.2) is 0 Å². The second-order valence-electron chi connectivity index (χ2n) is 4.03. The van der Waals surface area contributed by atoms with Gasteiger partial charge in [0.25, 0.3) is 0 Å². The summed E-state index contributed by atoms with van der Waals surface area (Å²) in [6.45, 7) is 0. The van der Waals surface area contributed by atoms with Crippen LogP contribution in [0.1, 0.15) is 17.7 Å². The zero-order chi connectivity index (χ0) is 12.8. The van der Waals surface area contributed by atoms with Gasteiger partial charge in [-0.25, -0.2) is 0 Å². The van der Waals surface area contributed by atoms with Crippen molar-refractivity contribution >= 4 is 17.2 Å². The fourth-order valence-electron chi connectivity index (χ4n) is 1.72. The Hall–Kier alpha value is -1.68. The summed E-state index contributed by atoms with van der Waals surface area (Å²) in [4.78, 5) is 17.8. The Bertz CT molecular complexity index is 508. The lowest BCUT2D eigenvalue weighted by Gasteiger charge is -1.98. The highest BCUT2D eigenvalue weighted by atomic mass is 32.1. The van der Waals surface area contributed by atoms with Crippen molar-refractivity contribution in [3.63, 3.8) is 0 Å². The molecular weight excluding hydrogens is 244 g/mol. The van der Waals surface area contributed by atoms with Gasteiger partial charge < -0.3 is 5.32 Å². The maximum Gasteiger partial charge on any atom is 0.219 e. The Morgan fingerprint density at radius 2 is 2.28 bits per heavy atom. The zero-order valence-corrected chi connectivity index (χ0v) is 11.2. The van der Waals surface area contributed by atoms with Crippen molar-refractivity contribution in [1.82, 2.24) is 10.3 Å². The van der Waals surface area contributed by atoms with E-state index in [1.807, 2.05) is 12.3 Å². The first-order valence-corrected chi connectivity index (χ1v) is 6.81. The highest BCUT2D eigenvalue weighted by Crippen LogP contribution is 2.28. The van der Waals surface area contributed by atoms with E-state index in [4.69, 9.17) is 0 Å². The topological polar surface area (TPSA) is 42.0 Å². The second-order valence-corrected chi connectivity index (χ2v) is 5.20. The minimum Gasteiger partial charge on any atom is -0.359 e. The van der Waals surface area contributed by atoms with Crippen molar-refractivity contribution in [2.75, 3.05) is 7.05 Å². The molecule has 0 aromatic carbocycles. The summed E-state index contributed by atoms with van der Waals surface area (Å²) < 4.78 is 0. The molecule has 2 aromatic rings. The molecule has 0 fully saturated rings. The molecule has 0 radical (unpaired) electrons. The van der Waals surface area contributed by atoms with Crippen LogP contribution < -0.4 is 5.32 Å². The summed E-state index contributed by atoms with van der Waals surface area (Å²) in [5.74, 6) is 0.110. The number of aromatic nitrogens is 1. The van der Waals surface area contributed by atoms with Crippen LogP contribution in [0.25, 0.3) is 10.4 Å². The molecule has 0 saturated heterocycles. The highest BCUT2D eigenvalue weighted by Gasteiger charge is 2.04. The Morgan fingerprint density at radius 1 is 1.39 bits per heavy atom. The van der Waals surface area contributed by atoms with Crippen LogP contribution in [0.2, 0.25) is 0 Å². The zero-order valence-electron chi connectivity index (χ0n) is 10.3. The van der Waals surface area contributed by atoms with Gasteiger partial charge in [0.2, 0.25) is 5.91 Å². The number of hydrogen-bond donors (Lipinski definition) is 1. The number of nitrogens with one attached hydrogen (secondary N) is 1. The summed E-state index contributed by atoms with van der Waals surface area (Å²) in [5.41, 5.74) is 1.15. The molecule has 2 rings (SSSR count). The lowest BCUT2D eigenvalue weighted by atomic mass is 10.2. The van der Waals surface area contributed by atoms with Crippen LogP contribution in [-0.4, -0.2) is 17.9 Å². The molecule has 18 heavy (non-hydrogen) atoms. The molecule has 1 amide bonds. The molecule has 4 heteroatoms. The molecule has 0 saturated carbocycles. The molecule has 94 valence electrons. The van der Waals surface area contributed by atoms with Gasteiger partial charge in [-0.05, 0) is 31.0 Å². The van der Waals surface area contributed by atoms with E-state index in [9.17, 15) is 4.79 Å². The maximum absolute atomic E-state index is 11.1. The number of thiophene rings is 1. The van der Waals surface area contributed by atoms with Crippen LogP contribution in [0.15, 0.2) is 36.7 Å². The van der Waals surface area contributed by atoms with Gasteiger partial charge in [-0.2, -0.15) is 0 Å². The van der Waals surface area contributed by atoms with Gasteiger partial charge in [-0.15, -0.1) is 11.3 Å². The van der Waals surface area contributed by atoms with Gasteiger partial charge >= 0.3 is 0 Å². The summed E-state index contributed by atoms with van der Waals surface area (Å²) in [7, 11) is 1.67. The number of amides is 1. The molecule has 0 bridgehead atoms. The van der Waals surface area contributed by atoms with Crippen molar-refractivity contribution in [2.45, 2.75) is 19.3 Å². The third kappa shape index (κ3) is 3.40. The number of pyridine rings is 1. The molecule has 0 aliphatic rings. The van der Waals surface area contributed by atoms with Crippen molar-refractivity contribution in [2.24, 2.45) is 0 Å². The fraction of sp³-hybridized carbons (Fsp3) is 0.286. The van der Waals surface area contributed by atoms with Crippen LogP contribution in [0.5, 0.6) is 0 Å². The van der Waals surface area contributed by atoms with E-state index in [1.165, 1.54) is 9.75 Å². The minimum absolute atomic E-state index is 0.110. The van der Waals surface area contributed by atoms with E-state index in [0.29, 0.717) is 6.42 Å². The lowest BCUT2D eigenvalue weighted by Crippen LogP contribution is -2.17. The van der Waals surface area contributed by atoms with Crippen molar-refractivity contribution < 1.29 is 4.79 Å². The quantitative estimate of drug-likeness (QED) is 0.898. The van der Waals surface area contributed by atoms with Crippen LogP contribution in [0.3, 0.4) is 0 Å². The number of nitrogens with zero attached hydrogens (tertiary/aromatic N) is 1. The summed E-state index contributed by atoms with van der Waals surface area (Å²) in [6.07, 6.45) is 6.10. The first-order valence-electron chi connectivity index (χ1n) is 5.99. The summed E-state index contributed by atoms with van der Waals surface area (Å²) in [6, 6.07) is 8.27. The van der Waals surface area contributed by atoms with Crippen LogP contribution in [-0.2, 0) is 11.2 Å². The highest BCUT2D eigenvalue weighted by molar-refractivity contribution is 7.15. The van der Waals surface area contributed by atoms with Gasteiger partial charge in [0, 0.05) is 41.2 Å². The standard InChI is InChI=1S/C14H16N2OS/c1-15-14(17)6-2-5-12-7-8-13(18-12)11-4-3-9-16-10-11/h3-4,7-10H,2,5-6H2,1H3,(H,15,17). The lowest BCUT2D eigenvalue weighted by molar-refractivity contribution is -0.120. The molecule has 0 aliphatic heterocycles. The normalized spacial score (nSPS) is 10.3. The van der Waals surface area contributed by atoms with Crippen LogP contribution in [0, 0.1) is 0 Å². The predicted octanol–water partition coefficient (Wildman–Crippen LogP) is 2.88. The molecule has 0 aliphatic carbocycles. The largest absolute Gasteiger partial charge is 0.359 e. The Kier molecular flexibility index (Phi) is 4.47. The second kappa shape index (κ2) is 6.31. The van der Waals surface area contributed by atoms with Crippen molar-refractivity contribution in [3.8, 4) is 10.4 Å². The molecule has 2 heterocycles. The molecule has 0 atom stereocenters. The number of carbonyl (C=O) groups excluding carboxylic acids is 1. The third-order valence-electron chi connectivity index (χ3n) is 2.71. The van der Waals surface area contributed by atoms with Gasteiger partial charge in [-0.3, -0.25) is 9.78 Å². The average molecular weight is 260 g/mol. The first-order chi connectivity index (χ1) is 8.79. The van der Waals surface area contributed by atoms with Crippen LogP contribution in [0.4, 0.5) is 0 Å². The molecule has 0 unspecified atom stereocenters. The minimum atomic E-state index is 0.110. The molecule has 3 nitrogen and oxygen atoms in total. The molecule has 1 N–H and O–H groups in total. The Balaban J connectivity index is 1.93. The number of aryl methyl sites for hydroxylation is 1. The average Bonchev–Trinajstić information content (AvgIpc) is 2.88. The fourth-order valence-corrected chi connectivity index (χ4v) is 2.76. The van der Waals surface area contributed by atoms with Gasteiger partial charge in [0.1, 0.15) is 0 Å². The van der Waals surface area contributed by atoms with E-state index in [0.717, 1.165) is 18.4 Å². The molecule has 0 spiro atoms.